The van der Waals surface area contributed by atoms with E-state index in [1.807, 2.05) is 31.2 Å². The first-order valence-corrected chi connectivity index (χ1v) is 8.51. The smallest absolute Gasteiger partial charge is 0.269 e. The second-order valence-electron chi connectivity index (χ2n) is 6.97. The Hall–Kier alpha value is -2.34. The van der Waals surface area contributed by atoms with Gasteiger partial charge in [-0.2, -0.15) is 5.10 Å². The number of amides is 1. The number of ether oxygens (including phenoxy) is 1. The molecule has 1 amide bonds. The number of aromatic nitrogens is 2. The molecule has 6 nitrogen and oxygen atoms in total. The van der Waals surface area contributed by atoms with Crippen LogP contribution in [0.4, 0.5) is 0 Å². The maximum atomic E-state index is 12.3. The van der Waals surface area contributed by atoms with Crippen LogP contribution in [0.25, 0.3) is 11.3 Å². The lowest BCUT2D eigenvalue weighted by Gasteiger charge is -2.18. The molecule has 1 heterocycles. The summed E-state index contributed by atoms with van der Waals surface area (Å²) in [6.45, 7) is 5.55. The number of H-pyrrole nitrogens is 1. The van der Waals surface area contributed by atoms with Crippen LogP contribution in [0.2, 0.25) is 0 Å². The molecule has 0 bridgehead atoms. The fraction of sp³-hybridized carbons (Fsp3) is 0.474. The van der Waals surface area contributed by atoms with Crippen molar-refractivity contribution in [3.8, 4) is 17.0 Å². The summed E-state index contributed by atoms with van der Waals surface area (Å²) in [6.07, 6.45) is 2.37. The molecule has 0 fully saturated rings. The molecular weight excluding hydrogens is 318 g/mol. The van der Waals surface area contributed by atoms with E-state index in [2.05, 4.69) is 15.5 Å². The van der Waals surface area contributed by atoms with Crippen molar-refractivity contribution < 1.29 is 14.6 Å². The van der Waals surface area contributed by atoms with Gasteiger partial charge in [-0.15, -0.1) is 0 Å². The monoisotopic (exact) mass is 345 g/mol. The van der Waals surface area contributed by atoms with Gasteiger partial charge in [0.15, 0.2) is 0 Å². The highest BCUT2D eigenvalue weighted by Crippen LogP contribution is 2.21. The van der Waals surface area contributed by atoms with Crippen molar-refractivity contribution in [2.45, 2.75) is 51.7 Å². The third-order valence-corrected chi connectivity index (χ3v) is 4.01. The van der Waals surface area contributed by atoms with E-state index >= 15 is 0 Å². The molecule has 0 aliphatic carbocycles. The summed E-state index contributed by atoms with van der Waals surface area (Å²) in [5.41, 5.74) is 1.39. The molecule has 0 aliphatic rings. The van der Waals surface area contributed by atoms with Gasteiger partial charge in [-0.3, -0.25) is 9.89 Å². The SMILES string of the molecule is COc1ccc(-c2cc(C(=O)N[C@@H](C)CCCC(C)(C)O)[nH]n2)cc1. The summed E-state index contributed by atoms with van der Waals surface area (Å²) in [6, 6.07) is 9.28. The Morgan fingerprint density at radius 3 is 2.64 bits per heavy atom. The third-order valence-electron chi connectivity index (χ3n) is 4.01. The van der Waals surface area contributed by atoms with Gasteiger partial charge in [0.1, 0.15) is 11.4 Å². The van der Waals surface area contributed by atoms with E-state index in [-0.39, 0.29) is 11.9 Å². The predicted octanol–water partition coefficient (Wildman–Crippen LogP) is 3.14. The van der Waals surface area contributed by atoms with Crippen LogP contribution in [0, 0.1) is 0 Å². The second-order valence-corrected chi connectivity index (χ2v) is 6.97. The van der Waals surface area contributed by atoms with Crippen molar-refractivity contribution in [2.24, 2.45) is 0 Å². The Morgan fingerprint density at radius 2 is 2.04 bits per heavy atom. The Balaban J connectivity index is 1.91. The molecule has 0 spiro atoms. The average molecular weight is 345 g/mol. The van der Waals surface area contributed by atoms with Crippen LogP contribution in [-0.2, 0) is 0 Å². The zero-order valence-corrected chi connectivity index (χ0v) is 15.3. The maximum Gasteiger partial charge on any atom is 0.269 e. The van der Waals surface area contributed by atoms with Gasteiger partial charge in [0.25, 0.3) is 5.91 Å². The topological polar surface area (TPSA) is 87.2 Å². The average Bonchev–Trinajstić information content (AvgIpc) is 3.03. The number of carbonyl (C=O) groups excluding carboxylic acids is 1. The Labute approximate surface area is 148 Å². The molecule has 1 atom stereocenters. The van der Waals surface area contributed by atoms with Gasteiger partial charge in [0, 0.05) is 11.6 Å². The minimum Gasteiger partial charge on any atom is -0.497 e. The van der Waals surface area contributed by atoms with E-state index in [1.165, 1.54) is 0 Å². The fourth-order valence-electron chi connectivity index (χ4n) is 2.56. The predicted molar refractivity (Wildman–Crippen MR) is 97.7 cm³/mol. The maximum absolute atomic E-state index is 12.3. The summed E-state index contributed by atoms with van der Waals surface area (Å²) in [5.74, 6) is 0.597. The van der Waals surface area contributed by atoms with Crippen molar-refractivity contribution in [3.05, 3.63) is 36.0 Å². The summed E-state index contributed by atoms with van der Waals surface area (Å²) >= 11 is 0. The van der Waals surface area contributed by atoms with Gasteiger partial charge in [-0.1, -0.05) is 0 Å². The van der Waals surface area contributed by atoms with Crippen LogP contribution in [-0.4, -0.2) is 40.0 Å². The molecule has 3 N–H and O–H groups in total. The van der Waals surface area contributed by atoms with Gasteiger partial charge in [-0.05, 0) is 70.4 Å². The molecule has 1 aromatic heterocycles. The zero-order valence-electron chi connectivity index (χ0n) is 15.3. The van der Waals surface area contributed by atoms with Gasteiger partial charge >= 0.3 is 0 Å². The number of hydrogen-bond donors (Lipinski definition) is 3. The second kappa shape index (κ2) is 8.16. The lowest BCUT2D eigenvalue weighted by atomic mass is 10.00. The highest BCUT2D eigenvalue weighted by Gasteiger charge is 2.16. The fourth-order valence-corrected chi connectivity index (χ4v) is 2.56. The lowest BCUT2D eigenvalue weighted by molar-refractivity contribution is 0.0674. The standard InChI is InChI=1S/C19H27N3O3/c1-13(6-5-11-19(2,3)24)20-18(23)17-12-16(21-22-17)14-7-9-15(25-4)10-8-14/h7-10,12-13,24H,5-6,11H2,1-4H3,(H,20,23)(H,21,22)/t13-/m0/s1. The van der Waals surface area contributed by atoms with Crippen LogP contribution >= 0.6 is 0 Å². The summed E-state index contributed by atoms with van der Waals surface area (Å²) in [5, 5.41) is 19.7. The summed E-state index contributed by atoms with van der Waals surface area (Å²) < 4.78 is 5.14. The first kappa shape index (κ1) is 19.0. The van der Waals surface area contributed by atoms with Gasteiger partial charge in [0.05, 0.1) is 18.4 Å². The van der Waals surface area contributed by atoms with E-state index in [1.54, 1.807) is 27.0 Å². The third kappa shape index (κ3) is 5.90. The van der Waals surface area contributed by atoms with E-state index in [4.69, 9.17) is 4.74 Å². The van der Waals surface area contributed by atoms with Crippen molar-refractivity contribution in [1.29, 1.82) is 0 Å². The number of hydrogen-bond acceptors (Lipinski definition) is 4. The quantitative estimate of drug-likeness (QED) is 0.686. The minimum atomic E-state index is -0.666. The zero-order chi connectivity index (χ0) is 18.4. The molecule has 0 unspecified atom stereocenters. The molecule has 0 saturated carbocycles. The number of methoxy groups -OCH3 is 1. The number of aliphatic hydroxyl groups is 1. The van der Waals surface area contributed by atoms with E-state index in [0.29, 0.717) is 17.8 Å². The Morgan fingerprint density at radius 1 is 1.36 bits per heavy atom. The van der Waals surface area contributed by atoms with E-state index < -0.39 is 5.60 Å². The number of carbonyl (C=O) groups is 1. The van der Waals surface area contributed by atoms with Crippen LogP contribution < -0.4 is 10.1 Å². The summed E-state index contributed by atoms with van der Waals surface area (Å²) in [7, 11) is 1.62. The number of nitrogens with zero attached hydrogens (tertiary/aromatic N) is 1. The molecule has 0 radical (unpaired) electrons. The van der Waals surface area contributed by atoms with E-state index in [0.717, 1.165) is 24.2 Å². The van der Waals surface area contributed by atoms with E-state index in [9.17, 15) is 9.90 Å². The first-order valence-electron chi connectivity index (χ1n) is 8.51. The summed E-state index contributed by atoms with van der Waals surface area (Å²) in [4.78, 5) is 12.3. The molecule has 1 aromatic carbocycles. The molecule has 25 heavy (non-hydrogen) atoms. The first-order chi connectivity index (χ1) is 11.8. The lowest BCUT2D eigenvalue weighted by Crippen LogP contribution is -2.33. The minimum absolute atomic E-state index is 0.0302. The number of nitrogens with one attached hydrogen (secondary N) is 2. The van der Waals surface area contributed by atoms with Crippen molar-refractivity contribution >= 4 is 5.91 Å². The Kier molecular flexibility index (Phi) is 6.20. The highest BCUT2D eigenvalue weighted by molar-refractivity contribution is 5.93. The van der Waals surface area contributed by atoms with Gasteiger partial charge in [-0.25, -0.2) is 0 Å². The molecule has 2 rings (SSSR count). The number of benzene rings is 1. The van der Waals surface area contributed by atoms with Gasteiger partial charge < -0.3 is 15.2 Å². The van der Waals surface area contributed by atoms with Crippen LogP contribution in [0.15, 0.2) is 30.3 Å². The molecule has 136 valence electrons. The van der Waals surface area contributed by atoms with Gasteiger partial charge in [0.2, 0.25) is 0 Å². The Bertz CT molecular complexity index is 687. The number of aromatic amines is 1. The number of rotatable bonds is 8. The van der Waals surface area contributed by atoms with Crippen molar-refractivity contribution in [2.75, 3.05) is 7.11 Å². The molecule has 0 aliphatic heterocycles. The van der Waals surface area contributed by atoms with Crippen LogP contribution in [0.3, 0.4) is 0 Å². The van der Waals surface area contributed by atoms with Crippen molar-refractivity contribution in [3.63, 3.8) is 0 Å². The van der Waals surface area contributed by atoms with Crippen molar-refractivity contribution in [1.82, 2.24) is 15.5 Å². The normalized spacial score (nSPS) is 12.7. The highest BCUT2D eigenvalue weighted by atomic mass is 16.5. The molecular formula is C19H27N3O3. The van der Waals surface area contributed by atoms with Crippen LogP contribution in [0.5, 0.6) is 5.75 Å². The largest absolute Gasteiger partial charge is 0.497 e. The molecule has 0 saturated heterocycles. The molecule has 2 aromatic rings. The van der Waals surface area contributed by atoms with Crippen LogP contribution in [0.1, 0.15) is 50.5 Å². The molecule has 6 heteroatoms.